The predicted octanol–water partition coefficient (Wildman–Crippen LogP) is -1.23. The van der Waals surface area contributed by atoms with E-state index < -0.39 is 36.4 Å². The molecule has 2 atom stereocenters. The lowest BCUT2D eigenvalue weighted by atomic mass is 10.1. The minimum absolute atomic E-state index is 0.0443. The molecule has 1 aromatic rings. The molecule has 0 bridgehead atoms. The molecule has 0 aliphatic carbocycles. The number of hydrogen-bond acceptors (Lipinski definition) is 11. The molecule has 4 N–H and O–H groups in total. The fourth-order valence-electron chi connectivity index (χ4n) is 3.20. The van der Waals surface area contributed by atoms with E-state index in [1.54, 1.807) is 4.90 Å². The molecule has 1 fully saturated rings. The van der Waals surface area contributed by atoms with Crippen LogP contribution in [0.15, 0.2) is 0 Å². The van der Waals surface area contributed by atoms with Crippen molar-refractivity contribution in [2.75, 3.05) is 65.1 Å². The zero-order valence-electron chi connectivity index (χ0n) is 18.9. The number of aromatic nitrogens is 2. The van der Waals surface area contributed by atoms with Crippen molar-refractivity contribution in [3.63, 3.8) is 0 Å². The smallest absolute Gasteiger partial charge is 0.326 e. The van der Waals surface area contributed by atoms with Crippen LogP contribution in [0.5, 0.6) is 0 Å². The highest BCUT2D eigenvalue weighted by molar-refractivity contribution is 5.97. The normalized spacial score (nSPS) is 16.3. The first kappa shape index (κ1) is 26.9. The summed E-state index contributed by atoms with van der Waals surface area (Å²) in [6.45, 7) is 2.37. The van der Waals surface area contributed by atoms with E-state index in [2.05, 4.69) is 20.6 Å². The lowest BCUT2D eigenvalue weighted by Gasteiger charge is -2.28. The molecule has 0 saturated carbocycles. The second kappa shape index (κ2) is 13.4. The highest BCUT2D eigenvalue weighted by Crippen LogP contribution is 2.25. The molecule has 2 heterocycles. The molecular formula is C20H28N6O8. The van der Waals surface area contributed by atoms with Crippen molar-refractivity contribution in [2.45, 2.75) is 18.6 Å². The van der Waals surface area contributed by atoms with Gasteiger partial charge in [0, 0.05) is 40.4 Å². The molecule has 1 aliphatic heterocycles. The molecule has 186 valence electrons. The number of morpholine rings is 1. The fraction of sp³-hybridized carbons (Fsp3) is 0.600. The summed E-state index contributed by atoms with van der Waals surface area (Å²) in [4.78, 5) is 46.0. The molecule has 34 heavy (non-hydrogen) atoms. The van der Waals surface area contributed by atoms with Gasteiger partial charge in [0.1, 0.15) is 23.9 Å². The number of carboxylic acid groups (broad SMARTS) is 2. The average Bonchev–Trinajstić information content (AvgIpc) is 2.83. The number of hydrogen-bond donors (Lipinski definition) is 4. The van der Waals surface area contributed by atoms with Gasteiger partial charge in [0.15, 0.2) is 17.2 Å². The van der Waals surface area contributed by atoms with Gasteiger partial charge < -0.3 is 40.0 Å². The van der Waals surface area contributed by atoms with Gasteiger partial charge in [-0.1, -0.05) is 0 Å². The molecule has 1 amide bonds. The lowest BCUT2D eigenvalue weighted by molar-refractivity contribution is -0.145. The van der Waals surface area contributed by atoms with Crippen LogP contribution in [-0.2, 0) is 23.8 Å². The number of rotatable bonds is 13. The maximum absolute atomic E-state index is 13.1. The van der Waals surface area contributed by atoms with E-state index in [0.29, 0.717) is 26.2 Å². The van der Waals surface area contributed by atoms with Crippen LogP contribution in [0.3, 0.4) is 0 Å². The number of carbonyl (C=O) groups is 3. The van der Waals surface area contributed by atoms with Gasteiger partial charge >= 0.3 is 11.9 Å². The molecule has 2 unspecified atom stereocenters. The first-order valence-corrected chi connectivity index (χ1v) is 10.4. The summed E-state index contributed by atoms with van der Waals surface area (Å²) in [6.07, 6.45) is -1.56. The maximum atomic E-state index is 13.1. The van der Waals surface area contributed by atoms with E-state index in [4.69, 9.17) is 19.3 Å². The maximum Gasteiger partial charge on any atom is 0.326 e. The number of amides is 1. The Morgan fingerprint density at radius 1 is 1.26 bits per heavy atom. The van der Waals surface area contributed by atoms with Crippen LogP contribution in [0, 0.1) is 11.3 Å². The molecule has 2 rings (SSSR count). The van der Waals surface area contributed by atoms with E-state index >= 15 is 0 Å². The topological polar surface area (TPSA) is 196 Å². The Labute approximate surface area is 195 Å². The van der Waals surface area contributed by atoms with Gasteiger partial charge in [0.05, 0.1) is 26.2 Å². The van der Waals surface area contributed by atoms with Crippen molar-refractivity contribution in [3.8, 4) is 6.07 Å². The van der Waals surface area contributed by atoms with E-state index in [1.165, 1.54) is 14.2 Å². The summed E-state index contributed by atoms with van der Waals surface area (Å²) in [7, 11) is 3.02. The largest absolute Gasteiger partial charge is 0.481 e. The van der Waals surface area contributed by atoms with Crippen molar-refractivity contribution >= 4 is 23.7 Å². The number of carbonyl (C=O) groups excluding carboxylic acids is 1. The van der Waals surface area contributed by atoms with Crippen molar-refractivity contribution in [1.29, 1.82) is 5.26 Å². The van der Waals surface area contributed by atoms with Gasteiger partial charge in [-0.3, -0.25) is 9.59 Å². The Kier molecular flexibility index (Phi) is 10.6. The second-order valence-corrected chi connectivity index (χ2v) is 7.24. The second-order valence-electron chi connectivity index (χ2n) is 7.24. The number of methoxy groups -OCH3 is 2. The number of nitrogens with one attached hydrogen (secondary N) is 2. The Balaban J connectivity index is 2.55. The van der Waals surface area contributed by atoms with Crippen LogP contribution < -0.4 is 15.5 Å². The van der Waals surface area contributed by atoms with Gasteiger partial charge in [-0.05, 0) is 0 Å². The number of ether oxygens (including phenoxy) is 3. The molecular weight excluding hydrogens is 452 g/mol. The van der Waals surface area contributed by atoms with Crippen molar-refractivity contribution in [1.82, 2.24) is 20.6 Å². The van der Waals surface area contributed by atoms with Crippen LogP contribution in [0.1, 0.15) is 34.4 Å². The van der Waals surface area contributed by atoms with Crippen molar-refractivity contribution < 1.29 is 38.8 Å². The van der Waals surface area contributed by atoms with Crippen molar-refractivity contribution in [2.24, 2.45) is 0 Å². The van der Waals surface area contributed by atoms with Gasteiger partial charge in [0.2, 0.25) is 0 Å². The summed E-state index contributed by atoms with van der Waals surface area (Å²) in [5.41, 5.74) is -0.282. The highest BCUT2D eigenvalue weighted by Gasteiger charge is 2.31. The molecule has 1 aromatic heterocycles. The minimum Gasteiger partial charge on any atom is -0.481 e. The van der Waals surface area contributed by atoms with Gasteiger partial charge in [0.25, 0.3) is 5.91 Å². The molecule has 1 saturated heterocycles. The van der Waals surface area contributed by atoms with E-state index in [1.807, 2.05) is 6.07 Å². The Morgan fingerprint density at radius 2 is 1.94 bits per heavy atom. The molecule has 14 heteroatoms. The van der Waals surface area contributed by atoms with E-state index in [-0.39, 0.29) is 42.7 Å². The number of nitrogens with zero attached hydrogens (tertiary/aromatic N) is 4. The third-order valence-electron chi connectivity index (χ3n) is 4.87. The Hall–Kier alpha value is -3.38. The van der Waals surface area contributed by atoms with Crippen LogP contribution in [-0.4, -0.2) is 104 Å². The molecule has 14 nitrogen and oxygen atoms in total. The lowest BCUT2D eigenvalue weighted by Crippen LogP contribution is -2.44. The summed E-state index contributed by atoms with van der Waals surface area (Å²) >= 11 is 0. The zero-order chi connectivity index (χ0) is 25.1. The van der Waals surface area contributed by atoms with Gasteiger partial charge in [-0.25, -0.2) is 14.8 Å². The number of nitriles is 1. The zero-order valence-corrected chi connectivity index (χ0v) is 18.9. The standard InChI is InChI=1S/C20H28N6O8/c1-32-7-4-26(5-8-33-2)18-13(10-21)23-16(14-11-22-3-6-34-14)17(25-18)19(29)24-12(20(30)31)9-15(27)28/h12,14,22H,3-9,11H2,1-2H3,(H,24,29)(H,27,28)(H,30,31). The molecule has 0 spiro atoms. The summed E-state index contributed by atoms with van der Waals surface area (Å²) in [5.74, 6) is -3.78. The minimum atomic E-state index is -1.69. The van der Waals surface area contributed by atoms with Gasteiger partial charge in [-0.15, -0.1) is 0 Å². The highest BCUT2D eigenvalue weighted by atomic mass is 16.5. The van der Waals surface area contributed by atoms with Crippen LogP contribution in [0.4, 0.5) is 5.82 Å². The van der Waals surface area contributed by atoms with Gasteiger partial charge in [-0.2, -0.15) is 5.26 Å². The Bertz CT molecular complexity index is 907. The summed E-state index contributed by atoms with van der Waals surface area (Å²) in [5, 5.41) is 33.3. The number of aliphatic carboxylic acids is 2. The van der Waals surface area contributed by atoms with E-state index in [9.17, 15) is 24.8 Å². The molecule has 1 aliphatic rings. The number of anilines is 1. The first-order valence-electron chi connectivity index (χ1n) is 10.4. The molecule has 0 aromatic carbocycles. The predicted molar refractivity (Wildman–Crippen MR) is 115 cm³/mol. The van der Waals surface area contributed by atoms with Crippen LogP contribution in [0.2, 0.25) is 0 Å². The quantitative estimate of drug-likeness (QED) is 0.262. The van der Waals surface area contributed by atoms with Crippen LogP contribution in [0.25, 0.3) is 0 Å². The SMILES string of the molecule is COCCN(CCOC)c1nc(C(=O)NC(CC(=O)O)C(=O)O)c(C2CNCCO2)nc1C#N. The van der Waals surface area contributed by atoms with Crippen LogP contribution >= 0.6 is 0 Å². The summed E-state index contributed by atoms with van der Waals surface area (Å²) < 4.78 is 15.9. The Morgan fingerprint density at radius 3 is 2.44 bits per heavy atom. The third-order valence-corrected chi connectivity index (χ3v) is 4.87. The van der Waals surface area contributed by atoms with E-state index in [0.717, 1.165) is 0 Å². The fourth-order valence-corrected chi connectivity index (χ4v) is 3.20. The van der Waals surface area contributed by atoms with Crippen molar-refractivity contribution in [3.05, 3.63) is 17.1 Å². The monoisotopic (exact) mass is 480 g/mol. The molecule has 0 radical (unpaired) electrons. The third kappa shape index (κ3) is 7.32. The summed E-state index contributed by atoms with van der Waals surface area (Å²) in [6, 6.07) is 0.291. The number of carboxylic acids is 2. The first-order chi connectivity index (χ1) is 16.3. The average molecular weight is 480 g/mol.